The van der Waals surface area contributed by atoms with E-state index in [0.29, 0.717) is 5.56 Å². The van der Waals surface area contributed by atoms with Gasteiger partial charge in [0.2, 0.25) is 9.84 Å². The third-order valence-electron chi connectivity index (χ3n) is 2.94. The van der Waals surface area contributed by atoms with Crippen LogP contribution in [0, 0.1) is 0 Å². The first-order valence-electron chi connectivity index (χ1n) is 5.70. The molecule has 0 fully saturated rings. The Balaban J connectivity index is 0.00000400. The van der Waals surface area contributed by atoms with Gasteiger partial charge in [0.15, 0.2) is 0 Å². The molecule has 0 aliphatic heterocycles. The topological polar surface area (TPSA) is 74.7 Å². The highest BCUT2D eigenvalue weighted by atomic mass is 35.5. The van der Waals surface area contributed by atoms with Crippen molar-refractivity contribution in [1.82, 2.24) is 4.90 Å². The van der Waals surface area contributed by atoms with E-state index in [9.17, 15) is 22.0 Å². The molecule has 1 N–H and O–H groups in total. The third kappa shape index (κ3) is 4.90. The Labute approximate surface area is 127 Å². The van der Waals surface area contributed by atoms with Crippen molar-refractivity contribution in [3.8, 4) is 0 Å². The van der Waals surface area contributed by atoms with Crippen LogP contribution in [-0.2, 0) is 21.2 Å². The number of nitrogens with zero attached hydrogens (tertiary/aromatic N) is 1. The third-order valence-corrected chi connectivity index (χ3v) is 4.34. The summed E-state index contributed by atoms with van der Waals surface area (Å²) in [7, 11) is -2.99. The molecule has 120 valence electrons. The smallest absolute Gasteiger partial charge is 0.341 e. The SMILES string of the molecule is CC(C(=O)O)N(C)Cc1ccc(S(=O)(=O)C(F)F)cc1.Cl. The first-order chi connectivity index (χ1) is 9.16. The number of carboxylic acid groups (broad SMARTS) is 1. The van der Waals surface area contributed by atoms with Gasteiger partial charge in [0.25, 0.3) is 0 Å². The van der Waals surface area contributed by atoms with E-state index in [4.69, 9.17) is 5.11 Å². The molecule has 0 aromatic heterocycles. The summed E-state index contributed by atoms with van der Waals surface area (Å²) in [6.45, 7) is 1.78. The molecule has 21 heavy (non-hydrogen) atoms. The second-order valence-electron chi connectivity index (χ2n) is 4.38. The van der Waals surface area contributed by atoms with E-state index < -0.39 is 32.5 Å². The van der Waals surface area contributed by atoms with Gasteiger partial charge in [0.1, 0.15) is 6.04 Å². The summed E-state index contributed by atoms with van der Waals surface area (Å²) in [4.78, 5) is 11.9. The number of sulfone groups is 1. The molecule has 1 aromatic carbocycles. The maximum Gasteiger partial charge on any atom is 0.341 e. The van der Waals surface area contributed by atoms with E-state index >= 15 is 0 Å². The number of halogens is 3. The first kappa shape index (κ1) is 19.8. The molecule has 0 saturated carbocycles. The molecule has 9 heteroatoms. The van der Waals surface area contributed by atoms with Crippen molar-refractivity contribution in [1.29, 1.82) is 0 Å². The number of carbonyl (C=O) groups is 1. The van der Waals surface area contributed by atoms with E-state index in [-0.39, 0.29) is 19.0 Å². The van der Waals surface area contributed by atoms with Gasteiger partial charge in [0.05, 0.1) is 4.90 Å². The van der Waals surface area contributed by atoms with Crippen molar-refractivity contribution in [2.24, 2.45) is 0 Å². The van der Waals surface area contributed by atoms with Crippen LogP contribution in [0.4, 0.5) is 8.78 Å². The van der Waals surface area contributed by atoms with E-state index in [1.54, 1.807) is 11.9 Å². The summed E-state index contributed by atoms with van der Waals surface area (Å²) in [6.07, 6.45) is 0. The first-order valence-corrected chi connectivity index (χ1v) is 7.25. The number of carboxylic acids is 1. The molecule has 0 aliphatic carbocycles. The highest BCUT2D eigenvalue weighted by Crippen LogP contribution is 2.19. The number of benzene rings is 1. The average Bonchev–Trinajstić information content (AvgIpc) is 2.38. The molecular formula is C12H16ClF2NO4S. The summed E-state index contributed by atoms with van der Waals surface area (Å²) >= 11 is 0. The minimum Gasteiger partial charge on any atom is -0.480 e. The maximum absolute atomic E-state index is 12.3. The van der Waals surface area contributed by atoms with E-state index in [1.165, 1.54) is 19.1 Å². The molecule has 0 bridgehead atoms. The van der Waals surface area contributed by atoms with Gasteiger partial charge >= 0.3 is 11.7 Å². The summed E-state index contributed by atoms with van der Waals surface area (Å²) < 4.78 is 47.1. The Kier molecular flexibility index (Phi) is 7.21. The molecule has 0 amide bonds. The second-order valence-corrected chi connectivity index (χ2v) is 6.30. The molecule has 0 heterocycles. The molecule has 1 atom stereocenters. The number of rotatable bonds is 6. The Hall–Kier alpha value is -1.25. The zero-order valence-electron chi connectivity index (χ0n) is 11.4. The van der Waals surface area contributed by atoms with Crippen molar-refractivity contribution in [2.45, 2.75) is 30.2 Å². The fourth-order valence-corrected chi connectivity index (χ4v) is 2.22. The summed E-state index contributed by atoms with van der Waals surface area (Å²) in [5, 5.41) is 8.84. The lowest BCUT2D eigenvalue weighted by Crippen LogP contribution is -2.35. The Bertz CT molecular complexity index is 577. The van der Waals surface area contributed by atoms with Crippen LogP contribution in [0.2, 0.25) is 0 Å². The molecule has 0 saturated heterocycles. The molecule has 1 aromatic rings. The minimum absolute atomic E-state index is 0. The number of alkyl halides is 2. The van der Waals surface area contributed by atoms with Gasteiger partial charge in [-0.25, -0.2) is 8.42 Å². The molecule has 5 nitrogen and oxygen atoms in total. The lowest BCUT2D eigenvalue weighted by Gasteiger charge is -2.21. The normalized spacial score (nSPS) is 13.0. The quantitative estimate of drug-likeness (QED) is 0.855. The van der Waals surface area contributed by atoms with Crippen molar-refractivity contribution < 1.29 is 27.1 Å². The second kappa shape index (κ2) is 7.67. The van der Waals surface area contributed by atoms with Crippen molar-refractivity contribution in [3.63, 3.8) is 0 Å². The molecule has 0 radical (unpaired) electrons. The van der Waals surface area contributed by atoms with Crippen LogP contribution >= 0.6 is 12.4 Å². The van der Waals surface area contributed by atoms with Crippen LogP contribution in [-0.4, -0.2) is 43.2 Å². The lowest BCUT2D eigenvalue weighted by atomic mass is 10.2. The van der Waals surface area contributed by atoms with Crippen LogP contribution in [0.15, 0.2) is 29.2 Å². The predicted octanol–water partition coefficient (Wildman–Crippen LogP) is 2.01. The van der Waals surface area contributed by atoms with Crippen LogP contribution in [0.3, 0.4) is 0 Å². The van der Waals surface area contributed by atoms with Crippen LogP contribution in [0.1, 0.15) is 12.5 Å². The fraction of sp³-hybridized carbons (Fsp3) is 0.417. The average molecular weight is 344 g/mol. The van der Waals surface area contributed by atoms with Crippen LogP contribution in [0.5, 0.6) is 0 Å². The Morgan fingerprint density at radius 1 is 1.29 bits per heavy atom. The van der Waals surface area contributed by atoms with Gasteiger partial charge in [-0.05, 0) is 31.7 Å². The summed E-state index contributed by atoms with van der Waals surface area (Å²) in [6, 6.07) is 4.26. The van der Waals surface area contributed by atoms with Gasteiger partial charge in [-0.2, -0.15) is 8.78 Å². The van der Waals surface area contributed by atoms with Gasteiger partial charge in [0, 0.05) is 6.54 Å². The summed E-state index contributed by atoms with van der Waals surface area (Å²) in [5.74, 6) is -4.44. The van der Waals surface area contributed by atoms with E-state index in [2.05, 4.69) is 0 Å². The minimum atomic E-state index is -4.59. The van der Waals surface area contributed by atoms with Crippen molar-refractivity contribution in [3.05, 3.63) is 29.8 Å². The number of likely N-dealkylation sites (N-methyl/N-ethyl adjacent to an activating group) is 1. The molecular weight excluding hydrogens is 328 g/mol. The van der Waals surface area contributed by atoms with Gasteiger partial charge in [-0.1, -0.05) is 12.1 Å². The number of hydrogen-bond acceptors (Lipinski definition) is 4. The molecule has 0 aliphatic rings. The predicted molar refractivity (Wildman–Crippen MR) is 75.4 cm³/mol. The number of aliphatic carboxylic acids is 1. The van der Waals surface area contributed by atoms with Gasteiger partial charge in [-0.15, -0.1) is 12.4 Å². The Morgan fingerprint density at radius 2 is 1.76 bits per heavy atom. The van der Waals surface area contributed by atoms with Crippen LogP contribution in [0.25, 0.3) is 0 Å². The van der Waals surface area contributed by atoms with Gasteiger partial charge in [-0.3, -0.25) is 9.69 Å². The zero-order valence-corrected chi connectivity index (χ0v) is 13.0. The Morgan fingerprint density at radius 3 is 2.14 bits per heavy atom. The highest BCUT2D eigenvalue weighted by Gasteiger charge is 2.26. The zero-order chi connectivity index (χ0) is 15.5. The highest BCUT2D eigenvalue weighted by molar-refractivity contribution is 7.91. The maximum atomic E-state index is 12.3. The fourth-order valence-electron chi connectivity index (χ4n) is 1.50. The summed E-state index contributed by atoms with van der Waals surface area (Å²) in [5.41, 5.74) is 0.633. The van der Waals surface area contributed by atoms with Crippen molar-refractivity contribution >= 4 is 28.2 Å². The van der Waals surface area contributed by atoms with Crippen molar-refractivity contribution in [2.75, 3.05) is 7.05 Å². The monoisotopic (exact) mass is 343 g/mol. The number of hydrogen-bond donors (Lipinski definition) is 1. The lowest BCUT2D eigenvalue weighted by molar-refractivity contribution is -0.142. The largest absolute Gasteiger partial charge is 0.480 e. The standard InChI is InChI=1S/C12H15F2NO4S.ClH/c1-8(11(16)17)15(2)7-9-3-5-10(6-4-9)20(18,19)12(13)14;/h3-6,8,12H,7H2,1-2H3,(H,16,17);1H. The molecule has 1 unspecified atom stereocenters. The van der Waals surface area contributed by atoms with Gasteiger partial charge < -0.3 is 5.11 Å². The van der Waals surface area contributed by atoms with E-state index in [0.717, 1.165) is 12.1 Å². The van der Waals surface area contributed by atoms with E-state index in [1.807, 2.05) is 0 Å². The molecule has 0 spiro atoms. The molecule has 1 rings (SSSR count). The van der Waals surface area contributed by atoms with Crippen LogP contribution < -0.4 is 0 Å².